The van der Waals surface area contributed by atoms with Crippen molar-refractivity contribution in [2.45, 2.75) is 38.0 Å². The van der Waals surface area contributed by atoms with Gasteiger partial charge >= 0.3 is 0 Å². The number of aromatic nitrogens is 2. The molecule has 2 fully saturated rings. The highest BCUT2D eigenvalue weighted by Crippen LogP contribution is 2.56. The fraction of sp³-hybridized carbons (Fsp3) is 0.333. The van der Waals surface area contributed by atoms with E-state index in [0.29, 0.717) is 11.8 Å². The summed E-state index contributed by atoms with van der Waals surface area (Å²) in [7, 11) is 1.00. The van der Waals surface area contributed by atoms with Crippen molar-refractivity contribution in [3.63, 3.8) is 0 Å². The fourth-order valence-corrected chi connectivity index (χ4v) is 6.51. The van der Waals surface area contributed by atoms with Crippen LogP contribution < -0.4 is 0 Å². The summed E-state index contributed by atoms with van der Waals surface area (Å²) in [6, 6.07) is 21.7. The normalized spacial score (nSPS) is 22.9. The summed E-state index contributed by atoms with van der Waals surface area (Å²) in [6.07, 6.45) is 4.04. The van der Waals surface area contributed by atoms with Gasteiger partial charge in [0.2, 0.25) is 5.91 Å². The third-order valence-electron chi connectivity index (χ3n) is 8.11. The number of likely N-dealkylation sites (tertiary alicyclic amines) is 1. The quantitative estimate of drug-likeness (QED) is 0.424. The summed E-state index contributed by atoms with van der Waals surface area (Å²) in [5.41, 5.74) is 5.76. The van der Waals surface area contributed by atoms with Gasteiger partial charge in [0, 0.05) is 37.9 Å². The van der Waals surface area contributed by atoms with Crippen LogP contribution >= 0.6 is 0 Å². The second kappa shape index (κ2) is 9.51. The molecule has 1 saturated carbocycles. The minimum Gasteiger partial charge on any atom is -0.400 e. The maximum Gasteiger partial charge on any atom is 0.219 e. The number of carbonyl (C=O) groups is 1. The van der Waals surface area contributed by atoms with Crippen LogP contribution in [0.5, 0.6) is 0 Å². The molecule has 3 atom stereocenters. The van der Waals surface area contributed by atoms with E-state index in [9.17, 15) is 9.18 Å². The van der Waals surface area contributed by atoms with Crippen LogP contribution in [0.2, 0.25) is 0 Å². The molecule has 0 bridgehead atoms. The first-order valence-corrected chi connectivity index (χ1v) is 12.4. The second-order valence-corrected chi connectivity index (χ2v) is 10.1. The first-order chi connectivity index (χ1) is 17.4. The SMILES string of the molecule is CC(=O)N1CC2CC(c3ccccc3)CC2(c2cc3cnn(-c4ccc(F)cc4)c3cc2C)C1.CO. The molecule has 4 aromatic rings. The summed E-state index contributed by atoms with van der Waals surface area (Å²) in [5, 5.41) is 12.7. The van der Waals surface area contributed by atoms with Gasteiger partial charge < -0.3 is 10.0 Å². The Morgan fingerprint density at radius 2 is 1.81 bits per heavy atom. The highest BCUT2D eigenvalue weighted by Gasteiger charge is 2.55. The van der Waals surface area contributed by atoms with E-state index in [0.717, 1.165) is 49.6 Å². The molecule has 2 heterocycles. The van der Waals surface area contributed by atoms with Crippen molar-refractivity contribution in [1.82, 2.24) is 14.7 Å². The lowest BCUT2D eigenvalue weighted by Crippen LogP contribution is -2.34. The van der Waals surface area contributed by atoms with Crippen molar-refractivity contribution in [3.05, 3.63) is 95.4 Å². The molecule has 3 unspecified atom stereocenters. The summed E-state index contributed by atoms with van der Waals surface area (Å²) in [5.74, 6) is 0.837. The van der Waals surface area contributed by atoms with Gasteiger partial charge in [-0.05, 0) is 84.7 Å². The van der Waals surface area contributed by atoms with E-state index in [4.69, 9.17) is 5.11 Å². The van der Waals surface area contributed by atoms with Crippen molar-refractivity contribution < 1.29 is 14.3 Å². The van der Waals surface area contributed by atoms with E-state index in [2.05, 4.69) is 54.5 Å². The zero-order chi connectivity index (χ0) is 25.4. The Bertz CT molecular complexity index is 1380. The topological polar surface area (TPSA) is 58.4 Å². The summed E-state index contributed by atoms with van der Waals surface area (Å²) in [6.45, 7) is 5.46. The lowest BCUT2D eigenvalue weighted by Gasteiger charge is -2.32. The molecule has 186 valence electrons. The van der Waals surface area contributed by atoms with Crippen LogP contribution in [0.4, 0.5) is 4.39 Å². The zero-order valence-corrected chi connectivity index (χ0v) is 21.0. The summed E-state index contributed by atoms with van der Waals surface area (Å²) < 4.78 is 15.3. The number of benzene rings is 3. The average Bonchev–Trinajstić information content (AvgIpc) is 3.57. The van der Waals surface area contributed by atoms with E-state index in [1.807, 2.05) is 15.8 Å². The van der Waals surface area contributed by atoms with E-state index in [-0.39, 0.29) is 17.1 Å². The zero-order valence-electron chi connectivity index (χ0n) is 21.0. The fourth-order valence-electron chi connectivity index (χ4n) is 6.51. The number of aryl methyl sites for hydroxylation is 1. The maximum atomic E-state index is 13.4. The third-order valence-corrected chi connectivity index (χ3v) is 8.11. The number of hydrogen-bond acceptors (Lipinski definition) is 3. The van der Waals surface area contributed by atoms with Crippen molar-refractivity contribution in [2.24, 2.45) is 5.92 Å². The average molecular weight is 486 g/mol. The van der Waals surface area contributed by atoms with Crippen LogP contribution in [0.15, 0.2) is 72.9 Å². The molecule has 1 aromatic heterocycles. The van der Waals surface area contributed by atoms with Crippen LogP contribution in [0, 0.1) is 18.7 Å². The van der Waals surface area contributed by atoms with Crippen molar-refractivity contribution >= 4 is 16.8 Å². The molecular formula is C30H32FN3O2. The molecule has 1 aliphatic heterocycles. The largest absolute Gasteiger partial charge is 0.400 e. The summed E-state index contributed by atoms with van der Waals surface area (Å²) in [4.78, 5) is 14.4. The van der Waals surface area contributed by atoms with Crippen LogP contribution in [0.1, 0.15) is 42.4 Å². The number of amides is 1. The van der Waals surface area contributed by atoms with Gasteiger partial charge in [0.1, 0.15) is 5.82 Å². The van der Waals surface area contributed by atoms with E-state index >= 15 is 0 Å². The molecule has 5 nitrogen and oxygen atoms in total. The Hall–Kier alpha value is -3.51. The Morgan fingerprint density at radius 3 is 2.50 bits per heavy atom. The predicted octanol–water partition coefficient (Wildman–Crippen LogP) is 5.38. The molecule has 1 aliphatic carbocycles. The number of fused-ring (bicyclic) bond motifs is 2. The number of aliphatic hydroxyl groups excluding tert-OH is 1. The molecule has 0 spiro atoms. The Balaban J connectivity index is 0.00000130. The predicted molar refractivity (Wildman–Crippen MR) is 140 cm³/mol. The number of hydrogen-bond donors (Lipinski definition) is 1. The Kier molecular flexibility index (Phi) is 6.39. The van der Waals surface area contributed by atoms with Gasteiger partial charge in [-0.25, -0.2) is 9.07 Å². The monoisotopic (exact) mass is 485 g/mol. The lowest BCUT2D eigenvalue weighted by atomic mass is 9.72. The van der Waals surface area contributed by atoms with Crippen molar-refractivity contribution in [1.29, 1.82) is 0 Å². The smallest absolute Gasteiger partial charge is 0.219 e. The minimum absolute atomic E-state index is 0.0531. The number of rotatable bonds is 3. The van der Waals surface area contributed by atoms with Gasteiger partial charge in [-0.1, -0.05) is 30.3 Å². The van der Waals surface area contributed by atoms with E-state index < -0.39 is 0 Å². The van der Waals surface area contributed by atoms with Gasteiger partial charge in [-0.3, -0.25) is 4.79 Å². The van der Waals surface area contributed by atoms with Crippen LogP contribution in [-0.2, 0) is 10.2 Å². The highest BCUT2D eigenvalue weighted by molar-refractivity contribution is 5.83. The van der Waals surface area contributed by atoms with Gasteiger partial charge in [-0.15, -0.1) is 0 Å². The maximum absolute atomic E-state index is 13.4. The lowest BCUT2D eigenvalue weighted by molar-refractivity contribution is -0.128. The first kappa shape index (κ1) is 24.2. The molecule has 0 radical (unpaired) electrons. The molecule has 6 heteroatoms. The molecule has 1 amide bonds. The van der Waals surface area contributed by atoms with E-state index in [1.54, 1.807) is 19.1 Å². The highest BCUT2D eigenvalue weighted by atomic mass is 19.1. The molecule has 1 saturated heterocycles. The minimum atomic E-state index is -0.255. The van der Waals surface area contributed by atoms with Crippen molar-refractivity contribution in [3.8, 4) is 5.69 Å². The van der Waals surface area contributed by atoms with Crippen LogP contribution in [0.25, 0.3) is 16.6 Å². The number of halogens is 1. The Labute approximate surface area is 211 Å². The van der Waals surface area contributed by atoms with Crippen molar-refractivity contribution in [2.75, 3.05) is 20.2 Å². The number of aliphatic hydroxyl groups is 1. The van der Waals surface area contributed by atoms with Gasteiger partial charge in [0.15, 0.2) is 0 Å². The molecule has 6 rings (SSSR count). The summed E-state index contributed by atoms with van der Waals surface area (Å²) >= 11 is 0. The van der Waals surface area contributed by atoms with Gasteiger partial charge in [0.25, 0.3) is 0 Å². The van der Waals surface area contributed by atoms with E-state index in [1.165, 1.54) is 28.8 Å². The molecular weight excluding hydrogens is 453 g/mol. The second-order valence-electron chi connectivity index (χ2n) is 10.1. The first-order valence-electron chi connectivity index (χ1n) is 12.4. The standard InChI is InChI=1S/C29H28FN3O.CH4O/c1-19-12-28-23(16-31-33(28)26-10-8-25(30)9-11-26)14-27(19)29-15-22(21-6-4-3-5-7-21)13-24(29)17-32(18-29)20(2)34;1-2/h3-12,14,16,22,24H,13,15,17-18H2,1-2H3;2H,1H3. The van der Waals surface area contributed by atoms with Gasteiger partial charge in [0.05, 0.1) is 17.4 Å². The number of carbonyl (C=O) groups excluding carboxylic acids is 1. The van der Waals surface area contributed by atoms with Crippen LogP contribution in [-0.4, -0.2) is 45.9 Å². The van der Waals surface area contributed by atoms with Crippen LogP contribution in [0.3, 0.4) is 0 Å². The molecule has 36 heavy (non-hydrogen) atoms. The number of nitrogens with zero attached hydrogens (tertiary/aromatic N) is 3. The van der Waals surface area contributed by atoms with Gasteiger partial charge in [-0.2, -0.15) is 5.10 Å². The Morgan fingerprint density at radius 1 is 1.08 bits per heavy atom. The molecule has 2 aliphatic rings. The molecule has 3 aromatic carbocycles. The third kappa shape index (κ3) is 3.99. The molecule has 1 N–H and O–H groups in total.